The van der Waals surface area contributed by atoms with Crippen LogP contribution in [0.1, 0.15) is 72.5 Å². The van der Waals surface area contributed by atoms with E-state index in [-0.39, 0.29) is 30.0 Å². The normalized spacial score (nSPS) is 18.8. The molecule has 2 aromatic rings. The van der Waals surface area contributed by atoms with Gasteiger partial charge < -0.3 is 14.8 Å². The van der Waals surface area contributed by atoms with E-state index in [1.54, 1.807) is 29.4 Å². The third-order valence-corrected chi connectivity index (χ3v) is 5.89. The number of likely N-dealkylation sites (tertiary alicyclic amines) is 1. The molecule has 1 N–H and O–H groups in total. The number of hydrogen-bond donors (Lipinski definition) is 1. The third-order valence-electron chi connectivity index (χ3n) is 5.89. The Bertz CT molecular complexity index is 988. The summed E-state index contributed by atoms with van der Waals surface area (Å²) in [6.07, 6.45) is 7.68. The molecular weight excluding hydrogens is 382 g/mol. The molecule has 0 aliphatic carbocycles. The molecule has 0 spiro atoms. The Hall–Kier alpha value is -3.03. The van der Waals surface area contributed by atoms with Crippen molar-refractivity contribution in [2.24, 2.45) is 0 Å². The van der Waals surface area contributed by atoms with Crippen LogP contribution in [-0.4, -0.2) is 49.7 Å². The standard InChI is InChI=1S/C22H27N5O3/c1-2-6-19(28)27-11-4-3-8-18(27)20-24-17-14-26(12-9-16(17)21(29)25-20)22(30)15-7-5-10-23-13-15/h5,7,10,13,18H,2-4,6,8-9,11-12,14H2,1H3,(H,24,25,29). The van der Waals surface area contributed by atoms with Crippen LogP contribution in [0.2, 0.25) is 0 Å². The molecule has 4 rings (SSSR count). The molecule has 8 heteroatoms. The van der Waals surface area contributed by atoms with Crippen LogP contribution in [0.15, 0.2) is 29.3 Å². The van der Waals surface area contributed by atoms with E-state index in [0.717, 1.165) is 25.7 Å². The zero-order valence-electron chi connectivity index (χ0n) is 17.3. The van der Waals surface area contributed by atoms with E-state index in [0.29, 0.717) is 48.6 Å². The monoisotopic (exact) mass is 409 g/mol. The Balaban J connectivity index is 1.61. The maximum atomic E-state index is 12.8. The van der Waals surface area contributed by atoms with Gasteiger partial charge in [-0.05, 0) is 44.2 Å². The molecule has 0 radical (unpaired) electrons. The van der Waals surface area contributed by atoms with Crippen molar-refractivity contribution in [3.05, 3.63) is 57.5 Å². The number of hydrogen-bond acceptors (Lipinski definition) is 5. The highest BCUT2D eigenvalue weighted by Crippen LogP contribution is 2.30. The molecule has 0 bridgehead atoms. The predicted molar refractivity (Wildman–Crippen MR) is 111 cm³/mol. The van der Waals surface area contributed by atoms with Crippen LogP contribution in [0.3, 0.4) is 0 Å². The minimum atomic E-state index is -0.208. The number of nitrogens with one attached hydrogen (secondary N) is 1. The smallest absolute Gasteiger partial charge is 0.255 e. The Morgan fingerprint density at radius 3 is 2.90 bits per heavy atom. The maximum absolute atomic E-state index is 12.8. The van der Waals surface area contributed by atoms with Gasteiger partial charge >= 0.3 is 0 Å². The summed E-state index contributed by atoms with van der Waals surface area (Å²) in [7, 11) is 0. The number of amides is 2. The minimum Gasteiger partial charge on any atom is -0.333 e. The topological polar surface area (TPSA) is 99.3 Å². The van der Waals surface area contributed by atoms with E-state index in [4.69, 9.17) is 4.98 Å². The zero-order chi connectivity index (χ0) is 21.1. The molecule has 2 aromatic heterocycles. The first kappa shape index (κ1) is 20.3. The number of carbonyl (C=O) groups is 2. The lowest BCUT2D eigenvalue weighted by Crippen LogP contribution is -2.42. The van der Waals surface area contributed by atoms with Crippen LogP contribution in [0.25, 0.3) is 0 Å². The number of carbonyl (C=O) groups excluding carboxylic acids is 2. The second-order valence-electron chi connectivity index (χ2n) is 7.94. The van der Waals surface area contributed by atoms with Gasteiger partial charge in [0.15, 0.2) is 0 Å². The van der Waals surface area contributed by atoms with Crippen molar-refractivity contribution in [1.29, 1.82) is 0 Å². The largest absolute Gasteiger partial charge is 0.333 e. The number of fused-ring (bicyclic) bond motifs is 1. The molecular formula is C22H27N5O3. The fourth-order valence-corrected chi connectivity index (χ4v) is 4.33. The van der Waals surface area contributed by atoms with E-state index in [2.05, 4.69) is 9.97 Å². The molecule has 8 nitrogen and oxygen atoms in total. The highest BCUT2D eigenvalue weighted by atomic mass is 16.2. The summed E-state index contributed by atoms with van der Waals surface area (Å²) in [5, 5.41) is 0. The molecule has 4 heterocycles. The summed E-state index contributed by atoms with van der Waals surface area (Å²) in [6, 6.07) is 3.26. The van der Waals surface area contributed by atoms with Gasteiger partial charge in [-0.2, -0.15) is 0 Å². The van der Waals surface area contributed by atoms with Gasteiger partial charge in [-0.25, -0.2) is 4.98 Å². The summed E-state index contributed by atoms with van der Waals surface area (Å²) < 4.78 is 0. The first-order valence-electron chi connectivity index (χ1n) is 10.7. The number of rotatable bonds is 4. The van der Waals surface area contributed by atoms with Crippen LogP contribution >= 0.6 is 0 Å². The van der Waals surface area contributed by atoms with E-state index in [1.807, 2.05) is 11.8 Å². The third kappa shape index (κ3) is 3.99. The lowest BCUT2D eigenvalue weighted by Gasteiger charge is -2.36. The average molecular weight is 409 g/mol. The van der Waals surface area contributed by atoms with Gasteiger partial charge in [0.2, 0.25) is 5.91 Å². The highest BCUT2D eigenvalue weighted by molar-refractivity contribution is 5.94. The first-order chi connectivity index (χ1) is 14.6. The van der Waals surface area contributed by atoms with Crippen molar-refractivity contribution in [3.63, 3.8) is 0 Å². The van der Waals surface area contributed by atoms with Crippen molar-refractivity contribution < 1.29 is 9.59 Å². The number of pyridine rings is 1. The zero-order valence-corrected chi connectivity index (χ0v) is 17.3. The van der Waals surface area contributed by atoms with Gasteiger partial charge in [0.1, 0.15) is 5.82 Å². The highest BCUT2D eigenvalue weighted by Gasteiger charge is 2.31. The molecule has 30 heavy (non-hydrogen) atoms. The van der Waals surface area contributed by atoms with Crippen molar-refractivity contribution in [1.82, 2.24) is 24.8 Å². The van der Waals surface area contributed by atoms with Crippen LogP contribution in [0, 0.1) is 0 Å². The van der Waals surface area contributed by atoms with Crippen molar-refractivity contribution in [2.75, 3.05) is 13.1 Å². The quantitative estimate of drug-likeness (QED) is 0.835. The van der Waals surface area contributed by atoms with Gasteiger partial charge in [0.05, 0.1) is 23.8 Å². The van der Waals surface area contributed by atoms with E-state index in [1.165, 1.54) is 0 Å². The number of aromatic amines is 1. The molecule has 2 amide bonds. The lowest BCUT2D eigenvalue weighted by atomic mass is 9.99. The Morgan fingerprint density at radius 1 is 1.27 bits per heavy atom. The summed E-state index contributed by atoms with van der Waals surface area (Å²) in [5.41, 5.74) is 1.63. The molecule has 2 aliphatic rings. The van der Waals surface area contributed by atoms with Crippen molar-refractivity contribution in [2.45, 2.75) is 58.0 Å². The molecule has 0 saturated carbocycles. The fraction of sp³-hybridized carbons (Fsp3) is 0.500. The number of nitrogens with zero attached hydrogens (tertiary/aromatic N) is 4. The minimum absolute atomic E-state index is 0.107. The number of aromatic nitrogens is 3. The molecule has 158 valence electrons. The van der Waals surface area contributed by atoms with Gasteiger partial charge in [-0.15, -0.1) is 0 Å². The number of H-pyrrole nitrogens is 1. The van der Waals surface area contributed by atoms with Gasteiger partial charge in [-0.1, -0.05) is 6.92 Å². The maximum Gasteiger partial charge on any atom is 0.255 e. The van der Waals surface area contributed by atoms with Crippen LogP contribution in [0.4, 0.5) is 0 Å². The summed E-state index contributed by atoms with van der Waals surface area (Å²) in [5.74, 6) is 0.532. The molecule has 1 unspecified atom stereocenters. The lowest BCUT2D eigenvalue weighted by molar-refractivity contribution is -0.135. The first-order valence-corrected chi connectivity index (χ1v) is 10.7. The SMILES string of the molecule is CCCC(=O)N1CCCCC1c1nc2c(c(=O)[nH]1)CCN(C(=O)c1cccnc1)C2. The molecule has 1 saturated heterocycles. The predicted octanol–water partition coefficient (Wildman–Crippen LogP) is 2.22. The summed E-state index contributed by atoms with van der Waals surface area (Å²) in [6.45, 7) is 3.44. The Kier molecular flexibility index (Phi) is 5.92. The van der Waals surface area contributed by atoms with Gasteiger partial charge in [0, 0.05) is 37.5 Å². The second kappa shape index (κ2) is 8.77. The van der Waals surface area contributed by atoms with Crippen LogP contribution in [0.5, 0.6) is 0 Å². The number of piperidine rings is 1. The molecule has 1 atom stereocenters. The molecule has 1 fully saturated rings. The summed E-state index contributed by atoms with van der Waals surface area (Å²) >= 11 is 0. The van der Waals surface area contributed by atoms with E-state index < -0.39 is 0 Å². The molecule has 2 aliphatic heterocycles. The fourth-order valence-electron chi connectivity index (χ4n) is 4.33. The van der Waals surface area contributed by atoms with Crippen LogP contribution < -0.4 is 5.56 Å². The van der Waals surface area contributed by atoms with E-state index in [9.17, 15) is 14.4 Å². The second-order valence-corrected chi connectivity index (χ2v) is 7.94. The average Bonchev–Trinajstić information content (AvgIpc) is 2.79. The van der Waals surface area contributed by atoms with Crippen molar-refractivity contribution >= 4 is 11.8 Å². The van der Waals surface area contributed by atoms with Gasteiger partial charge in [0.25, 0.3) is 11.5 Å². The Labute approximate surface area is 175 Å². The Morgan fingerprint density at radius 2 is 2.13 bits per heavy atom. The summed E-state index contributed by atoms with van der Waals surface area (Å²) in [4.78, 5) is 53.5. The van der Waals surface area contributed by atoms with Crippen molar-refractivity contribution in [3.8, 4) is 0 Å². The van der Waals surface area contributed by atoms with Gasteiger partial charge in [-0.3, -0.25) is 19.4 Å². The molecule has 0 aromatic carbocycles. The van der Waals surface area contributed by atoms with Crippen LogP contribution in [-0.2, 0) is 17.8 Å². The van der Waals surface area contributed by atoms with E-state index >= 15 is 0 Å².